The summed E-state index contributed by atoms with van der Waals surface area (Å²) >= 11 is 3.41. The molecule has 0 amide bonds. The molecule has 0 atom stereocenters. The third kappa shape index (κ3) is 9.55. The molecule has 35 heavy (non-hydrogen) atoms. The van der Waals surface area contributed by atoms with Crippen LogP contribution < -0.4 is 21.6 Å². The molecule has 0 aliphatic carbocycles. The fourth-order valence-corrected chi connectivity index (χ4v) is 4.67. The number of rotatable bonds is 16. The monoisotopic (exact) mass is 504 g/mol. The third-order valence-electron chi connectivity index (χ3n) is 5.25. The van der Waals surface area contributed by atoms with Crippen molar-refractivity contribution in [3.05, 3.63) is 94.7 Å². The average Bonchev–Trinajstić information content (AvgIpc) is 3.60. The lowest BCUT2D eigenvalue weighted by Crippen LogP contribution is -2.20. The summed E-state index contributed by atoms with van der Waals surface area (Å²) in [5.41, 5.74) is 4.67. The van der Waals surface area contributed by atoms with E-state index in [0.717, 1.165) is 24.2 Å². The van der Waals surface area contributed by atoms with Crippen LogP contribution in [0.4, 0.5) is 10.0 Å². The average molecular weight is 504 g/mol. The fraction of sp³-hybridized carbons (Fsp3) is 0.231. The van der Waals surface area contributed by atoms with Crippen molar-refractivity contribution < 1.29 is 14.0 Å². The molecule has 0 fully saturated rings. The summed E-state index contributed by atoms with van der Waals surface area (Å²) in [6.45, 7) is 4.17. The number of anilines is 2. The molecule has 0 saturated heterocycles. The molecule has 2 heterocycles. The minimum Gasteiger partial charge on any atom is -0.433 e. The van der Waals surface area contributed by atoms with Gasteiger partial charge in [-0.1, -0.05) is 59.5 Å². The zero-order chi connectivity index (χ0) is 24.0. The van der Waals surface area contributed by atoms with E-state index in [2.05, 4.69) is 82.1 Å². The number of hydrogen-bond donors (Lipinski definition) is 2. The molecule has 0 radical (unpaired) electrons. The molecular weight excluding hydrogens is 474 g/mol. The molecule has 2 N–H and O–H groups in total. The van der Waals surface area contributed by atoms with E-state index in [4.69, 9.17) is 14.0 Å². The van der Waals surface area contributed by atoms with Crippen LogP contribution in [0.15, 0.2) is 83.6 Å². The van der Waals surface area contributed by atoms with Crippen LogP contribution >= 0.6 is 22.7 Å². The Morgan fingerprint density at radius 1 is 0.600 bits per heavy atom. The van der Waals surface area contributed by atoms with Gasteiger partial charge in [-0.2, -0.15) is 0 Å². The number of ether oxygens (including phenoxy) is 1. The Balaban J connectivity index is 1.05. The van der Waals surface area contributed by atoms with Gasteiger partial charge in [0.1, 0.15) is 0 Å². The molecule has 4 rings (SSSR count). The van der Waals surface area contributed by atoms with E-state index in [0.29, 0.717) is 41.4 Å². The van der Waals surface area contributed by atoms with E-state index >= 15 is 0 Å². The molecule has 0 unspecified atom stereocenters. The van der Waals surface area contributed by atoms with Crippen LogP contribution in [0.25, 0.3) is 0 Å². The highest BCUT2D eigenvalue weighted by molar-refractivity contribution is 7.14. The molecule has 0 aliphatic rings. The number of thiophene rings is 2. The lowest BCUT2D eigenvalue weighted by Gasteiger charge is -2.08. The standard InChI is InChI=1S/C26H30B2N2O3S2/c1-3-25(34-17-1)29-13-15-32-27-23-9-5-21(6-10-23)19-31-20-22-7-11-24(12-8-22)28-33-16-14-30-26-4-2-18-35-26/h1-12,17-18,27-30H,13-16,19-20H2. The van der Waals surface area contributed by atoms with Crippen molar-refractivity contribution in [3.8, 4) is 0 Å². The van der Waals surface area contributed by atoms with Gasteiger partial charge in [0.2, 0.25) is 0 Å². The van der Waals surface area contributed by atoms with E-state index in [1.807, 2.05) is 12.1 Å². The van der Waals surface area contributed by atoms with Gasteiger partial charge in [0.05, 0.1) is 23.2 Å². The highest BCUT2D eigenvalue weighted by Gasteiger charge is 2.02. The minimum absolute atomic E-state index is 0.591. The molecular formula is C26H30B2N2O3S2. The largest absolute Gasteiger partial charge is 0.433 e. The molecule has 2 aromatic carbocycles. The van der Waals surface area contributed by atoms with Crippen LogP contribution in [-0.2, 0) is 27.3 Å². The first kappa shape index (κ1) is 25.5. The predicted molar refractivity (Wildman–Crippen MR) is 152 cm³/mol. The van der Waals surface area contributed by atoms with E-state index in [-0.39, 0.29) is 0 Å². The van der Waals surface area contributed by atoms with Gasteiger partial charge in [0, 0.05) is 26.3 Å². The Labute approximate surface area is 217 Å². The van der Waals surface area contributed by atoms with Gasteiger partial charge in [0.15, 0.2) is 0 Å². The molecule has 0 saturated carbocycles. The van der Waals surface area contributed by atoms with Crippen LogP contribution in [-0.4, -0.2) is 41.3 Å². The number of benzene rings is 2. The summed E-state index contributed by atoms with van der Waals surface area (Å²) in [7, 11) is 1.24. The molecule has 180 valence electrons. The van der Waals surface area contributed by atoms with Crippen molar-refractivity contribution in [2.45, 2.75) is 13.2 Å². The van der Waals surface area contributed by atoms with Gasteiger partial charge >= 0.3 is 15.0 Å². The Morgan fingerprint density at radius 3 is 1.46 bits per heavy atom. The first-order chi connectivity index (χ1) is 17.3. The second-order valence-electron chi connectivity index (χ2n) is 8.04. The zero-order valence-electron chi connectivity index (χ0n) is 19.8. The van der Waals surface area contributed by atoms with Gasteiger partial charge in [0.25, 0.3) is 0 Å². The summed E-state index contributed by atoms with van der Waals surface area (Å²) in [6.07, 6.45) is 0. The first-order valence-electron chi connectivity index (χ1n) is 11.8. The second kappa shape index (κ2) is 14.8. The van der Waals surface area contributed by atoms with Crippen LogP contribution in [0.1, 0.15) is 11.1 Å². The maximum Gasteiger partial charge on any atom is 0.308 e. The molecule has 2 aromatic heterocycles. The van der Waals surface area contributed by atoms with E-state index in [1.165, 1.54) is 20.9 Å². The predicted octanol–water partition coefficient (Wildman–Crippen LogP) is 3.74. The Morgan fingerprint density at radius 2 is 1.06 bits per heavy atom. The smallest absolute Gasteiger partial charge is 0.308 e. The maximum absolute atomic E-state index is 5.91. The SMILES string of the molecule is B(OCCNc1cccs1)c1ccc(COCc2ccc(BOCCNc3cccs3)cc2)cc1. The Kier molecular flexibility index (Phi) is 10.8. The van der Waals surface area contributed by atoms with Gasteiger partial charge in [-0.25, -0.2) is 0 Å². The Bertz CT molecular complexity index is 989. The lowest BCUT2D eigenvalue weighted by molar-refractivity contribution is 0.107. The summed E-state index contributed by atoms with van der Waals surface area (Å²) in [6, 6.07) is 25.1. The van der Waals surface area contributed by atoms with Crippen molar-refractivity contribution in [2.75, 3.05) is 36.9 Å². The van der Waals surface area contributed by atoms with E-state index < -0.39 is 0 Å². The van der Waals surface area contributed by atoms with Crippen molar-refractivity contribution in [1.82, 2.24) is 0 Å². The van der Waals surface area contributed by atoms with Crippen molar-refractivity contribution in [2.24, 2.45) is 0 Å². The number of nitrogens with one attached hydrogen (secondary N) is 2. The van der Waals surface area contributed by atoms with Crippen LogP contribution in [0.2, 0.25) is 0 Å². The van der Waals surface area contributed by atoms with E-state index in [9.17, 15) is 0 Å². The Hall–Kier alpha value is -2.55. The normalized spacial score (nSPS) is 10.7. The fourth-order valence-electron chi connectivity index (χ4n) is 3.38. The minimum atomic E-state index is 0.591. The first-order valence-corrected chi connectivity index (χ1v) is 13.5. The van der Waals surface area contributed by atoms with E-state index in [1.54, 1.807) is 22.7 Å². The number of hydrogen-bond acceptors (Lipinski definition) is 7. The van der Waals surface area contributed by atoms with Gasteiger partial charge in [-0.05, 0) is 46.2 Å². The highest BCUT2D eigenvalue weighted by Crippen LogP contribution is 2.14. The third-order valence-corrected chi connectivity index (χ3v) is 6.91. The molecule has 5 nitrogen and oxygen atoms in total. The highest BCUT2D eigenvalue weighted by atomic mass is 32.1. The molecule has 9 heteroatoms. The topological polar surface area (TPSA) is 51.8 Å². The molecule has 4 aromatic rings. The molecule has 0 spiro atoms. The van der Waals surface area contributed by atoms with Crippen molar-refractivity contribution >= 4 is 58.6 Å². The molecule has 0 bridgehead atoms. The second-order valence-corrected chi connectivity index (χ2v) is 9.93. The van der Waals surface area contributed by atoms with Gasteiger partial charge in [-0.15, -0.1) is 22.7 Å². The summed E-state index contributed by atoms with van der Waals surface area (Å²) in [5.74, 6) is 0. The quantitative estimate of drug-likeness (QED) is 0.180. The zero-order valence-corrected chi connectivity index (χ0v) is 21.4. The van der Waals surface area contributed by atoms with Crippen molar-refractivity contribution in [3.63, 3.8) is 0 Å². The van der Waals surface area contributed by atoms with Gasteiger partial charge in [-0.3, -0.25) is 0 Å². The van der Waals surface area contributed by atoms with Crippen LogP contribution in [0, 0.1) is 0 Å². The molecule has 0 aliphatic heterocycles. The van der Waals surface area contributed by atoms with Crippen molar-refractivity contribution in [1.29, 1.82) is 0 Å². The van der Waals surface area contributed by atoms with Gasteiger partial charge < -0.3 is 24.7 Å². The maximum atomic E-state index is 5.91. The summed E-state index contributed by atoms with van der Waals surface area (Å²) in [5, 5.41) is 13.2. The van der Waals surface area contributed by atoms with Crippen LogP contribution in [0.5, 0.6) is 0 Å². The van der Waals surface area contributed by atoms with Crippen LogP contribution in [0.3, 0.4) is 0 Å². The summed E-state index contributed by atoms with van der Waals surface area (Å²) < 4.78 is 17.4. The lowest BCUT2D eigenvalue weighted by atomic mass is 9.87. The summed E-state index contributed by atoms with van der Waals surface area (Å²) in [4.78, 5) is 0.